The number of nitrogens with one attached hydrogen (secondary N) is 2. The van der Waals surface area contributed by atoms with Gasteiger partial charge in [0, 0.05) is 22.9 Å². The second-order valence-corrected chi connectivity index (χ2v) is 6.83. The van der Waals surface area contributed by atoms with E-state index in [0.717, 1.165) is 6.54 Å². The zero-order valence-corrected chi connectivity index (χ0v) is 13.3. The molecule has 0 radical (unpaired) electrons. The van der Waals surface area contributed by atoms with Crippen molar-refractivity contribution >= 4 is 17.2 Å². The van der Waals surface area contributed by atoms with Crippen molar-refractivity contribution in [3.63, 3.8) is 0 Å². The quantitative estimate of drug-likeness (QED) is 0.841. The minimum absolute atomic E-state index is 0.0308. The Labute approximate surface area is 124 Å². The molecular formula is C15H24N2O2S. The Hall–Kier alpha value is -0.910. The lowest BCUT2D eigenvalue weighted by molar-refractivity contribution is -0.125. The summed E-state index contributed by atoms with van der Waals surface area (Å²) >= 11 is 1.73. The molecule has 0 aliphatic carbocycles. The molecule has 2 rings (SSSR count). The van der Waals surface area contributed by atoms with Crippen LogP contribution in [0.1, 0.15) is 25.6 Å². The predicted molar refractivity (Wildman–Crippen MR) is 82.1 cm³/mol. The van der Waals surface area contributed by atoms with Gasteiger partial charge in [0.15, 0.2) is 0 Å². The number of carbonyl (C=O) groups is 1. The van der Waals surface area contributed by atoms with Gasteiger partial charge in [0.2, 0.25) is 5.91 Å². The average molecular weight is 296 g/mol. The lowest BCUT2D eigenvalue weighted by Gasteiger charge is -2.25. The molecule has 1 fully saturated rings. The summed E-state index contributed by atoms with van der Waals surface area (Å²) in [5.74, 6) is 0.0205. The molecule has 1 amide bonds. The van der Waals surface area contributed by atoms with Gasteiger partial charge in [-0.3, -0.25) is 4.79 Å². The van der Waals surface area contributed by atoms with Crippen LogP contribution >= 0.6 is 11.3 Å². The van der Waals surface area contributed by atoms with Crippen LogP contribution in [0.5, 0.6) is 0 Å². The minimum atomic E-state index is -0.0749. The molecule has 0 aromatic carbocycles. The largest absolute Gasteiger partial charge is 0.379 e. The van der Waals surface area contributed by atoms with E-state index >= 15 is 0 Å². The van der Waals surface area contributed by atoms with Gasteiger partial charge in [0.05, 0.1) is 19.1 Å². The van der Waals surface area contributed by atoms with E-state index in [0.29, 0.717) is 19.8 Å². The Morgan fingerprint density at radius 3 is 2.95 bits per heavy atom. The molecule has 1 aromatic rings. The smallest absolute Gasteiger partial charge is 0.227 e. The molecule has 1 aliphatic heterocycles. The van der Waals surface area contributed by atoms with Crippen LogP contribution in [-0.4, -0.2) is 38.3 Å². The molecule has 2 N–H and O–H groups in total. The van der Waals surface area contributed by atoms with Crippen molar-refractivity contribution in [1.29, 1.82) is 0 Å². The predicted octanol–water partition coefficient (Wildman–Crippen LogP) is 1.77. The first-order valence-electron chi connectivity index (χ1n) is 7.17. The average Bonchev–Trinajstić information content (AvgIpc) is 3.07. The van der Waals surface area contributed by atoms with E-state index in [2.05, 4.69) is 42.0 Å². The fourth-order valence-corrected chi connectivity index (χ4v) is 3.32. The summed E-state index contributed by atoms with van der Waals surface area (Å²) in [6.07, 6.45) is 0. The first-order chi connectivity index (χ1) is 9.54. The van der Waals surface area contributed by atoms with Crippen molar-refractivity contribution in [2.45, 2.75) is 32.2 Å². The molecule has 4 nitrogen and oxygen atoms in total. The summed E-state index contributed by atoms with van der Waals surface area (Å²) in [6.45, 7) is 9.02. The Morgan fingerprint density at radius 2 is 2.30 bits per heavy atom. The summed E-state index contributed by atoms with van der Waals surface area (Å²) in [6, 6.07) is 4.32. The van der Waals surface area contributed by atoms with E-state index in [1.165, 1.54) is 4.88 Å². The number of carbonyl (C=O) groups excluding carboxylic acids is 1. The van der Waals surface area contributed by atoms with Gasteiger partial charge in [0.1, 0.15) is 0 Å². The van der Waals surface area contributed by atoms with E-state index in [1.807, 2.05) is 6.92 Å². The number of ether oxygens (including phenoxy) is 1. The van der Waals surface area contributed by atoms with Crippen LogP contribution in [0.3, 0.4) is 0 Å². The molecule has 2 atom stereocenters. The summed E-state index contributed by atoms with van der Waals surface area (Å²) in [4.78, 5) is 13.6. The SMILES string of the molecule is CCNC1COCC1C(=O)NCC(C)(C)c1cccs1. The molecule has 1 aromatic heterocycles. The van der Waals surface area contributed by atoms with Gasteiger partial charge in [-0.1, -0.05) is 26.8 Å². The van der Waals surface area contributed by atoms with E-state index in [4.69, 9.17) is 4.74 Å². The monoisotopic (exact) mass is 296 g/mol. The Bertz CT molecular complexity index is 431. The van der Waals surface area contributed by atoms with E-state index in [1.54, 1.807) is 11.3 Å². The molecule has 5 heteroatoms. The van der Waals surface area contributed by atoms with Crippen molar-refractivity contribution < 1.29 is 9.53 Å². The van der Waals surface area contributed by atoms with Crippen molar-refractivity contribution in [2.75, 3.05) is 26.3 Å². The first kappa shape index (κ1) is 15.5. The number of hydrogen-bond donors (Lipinski definition) is 2. The number of hydrogen-bond acceptors (Lipinski definition) is 4. The minimum Gasteiger partial charge on any atom is -0.379 e. The van der Waals surface area contributed by atoms with Gasteiger partial charge in [-0.25, -0.2) is 0 Å². The summed E-state index contributed by atoms with van der Waals surface area (Å²) in [5.41, 5.74) is -0.0308. The lowest BCUT2D eigenvalue weighted by Crippen LogP contribution is -2.46. The van der Waals surface area contributed by atoms with Crippen LogP contribution in [0, 0.1) is 5.92 Å². The first-order valence-corrected chi connectivity index (χ1v) is 8.05. The number of likely N-dealkylation sites (N-methyl/N-ethyl adjacent to an activating group) is 1. The van der Waals surface area contributed by atoms with Crippen LogP contribution in [0.25, 0.3) is 0 Å². The molecule has 20 heavy (non-hydrogen) atoms. The highest BCUT2D eigenvalue weighted by molar-refractivity contribution is 7.10. The third-order valence-electron chi connectivity index (χ3n) is 3.78. The molecule has 2 unspecified atom stereocenters. The van der Waals surface area contributed by atoms with Gasteiger partial charge in [0.25, 0.3) is 0 Å². The Morgan fingerprint density at radius 1 is 1.50 bits per heavy atom. The van der Waals surface area contributed by atoms with Crippen LogP contribution in [0.2, 0.25) is 0 Å². The number of amides is 1. The maximum absolute atomic E-state index is 12.3. The van der Waals surface area contributed by atoms with E-state index in [-0.39, 0.29) is 23.3 Å². The van der Waals surface area contributed by atoms with Gasteiger partial charge in [-0.2, -0.15) is 0 Å². The second-order valence-electron chi connectivity index (χ2n) is 5.89. The maximum Gasteiger partial charge on any atom is 0.227 e. The molecule has 0 bridgehead atoms. The van der Waals surface area contributed by atoms with Gasteiger partial charge >= 0.3 is 0 Å². The highest BCUT2D eigenvalue weighted by atomic mass is 32.1. The van der Waals surface area contributed by atoms with Crippen molar-refractivity contribution in [2.24, 2.45) is 5.92 Å². The second kappa shape index (κ2) is 6.70. The van der Waals surface area contributed by atoms with E-state index in [9.17, 15) is 4.79 Å². The Balaban J connectivity index is 1.89. The van der Waals surface area contributed by atoms with Crippen molar-refractivity contribution in [3.8, 4) is 0 Å². The third-order valence-corrected chi connectivity index (χ3v) is 5.01. The summed E-state index contributed by atoms with van der Waals surface area (Å²) in [5, 5.41) is 8.48. The highest BCUT2D eigenvalue weighted by Crippen LogP contribution is 2.26. The van der Waals surface area contributed by atoms with Crippen LogP contribution in [0.4, 0.5) is 0 Å². The molecule has 0 saturated carbocycles. The lowest BCUT2D eigenvalue weighted by atomic mass is 9.91. The van der Waals surface area contributed by atoms with Gasteiger partial charge in [-0.15, -0.1) is 11.3 Å². The fourth-order valence-electron chi connectivity index (χ4n) is 2.47. The van der Waals surface area contributed by atoms with E-state index < -0.39 is 0 Å². The topological polar surface area (TPSA) is 50.4 Å². The fraction of sp³-hybridized carbons (Fsp3) is 0.667. The molecular weight excluding hydrogens is 272 g/mol. The van der Waals surface area contributed by atoms with Crippen LogP contribution < -0.4 is 10.6 Å². The van der Waals surface area contributed by atoms with Crippen LogP contribution in [-0.2, 0) is 14.9 Å². The van der Waals surface area contributed by atoms with Crippen LogP contribution in [0.15, 0.2) is 17.5 Å². The van der Waals surface area contributed by atoms with Gasteiger partial charge in [-0.05, 0) is 18.0 Å². The third kappa shape index (κ3) is 3.59. The normalized spacial score (nSPS) is 22.9. The van der Waals surface area contributed by atoms with Gasteiger partial charge < -0.3 is 15.4 Å². The molecule has 112 valence electrons. The van der Waals surface area contributed by atoms with Crippen molar-refractivity contribution in [1.82, 2.24) is 10.6 Å². The standard InChI is InChI=1S/C15H24N2O2S/c1-4-16-12-9-19-8-11(12)14(18)17-10-15(2,3)13-6-5-7-20-13/h5-7,11-12,16H,4,8-10H2,1-3H3,(H,17,18). The van der Waals surface area contributed by atoms with Crippen molar-refractivity contribution in [3.05, 3.63) is 22.4 Å². The molecule has 1 saturated heterocycles. The zero-order valence-electron chi connectivity index (χ0n) is 12.4. The molecule has 2 heterocycles. The maximum atomic E-state index is 12.3. The zero-order chi connectivity index (χ0) is 14.6. The highest BCUT2D eigenvalue weighted by Gasteiger charge is 2.34. The summed E-state index contributed by atoms with van der Waals surface area (Å²) < 4.78 is 5.43. The summed E-state index contributed by atoms with van der Waals surface area (Å²) in [7, 11) is 0. The Kier molecular flexibility index (Phi) is 5.18. The number of thiophene rings is 1. The molecule has 1 aliphatic rings. The molecule has 0 spiro atoms. The number of rotatable bonds is 6.